The van der Waals surface area contributed by atoms with Gasteiger partial charge in [0.15, 0.2) is 6.10 Å². The Balaban J connectivity index is 4.33. The number of phosphoric ester groups is 1. The highest BCUT2D eigenvalue weighted by Crippen LogP contribution is 2.38. The van der Waals surface area contributed by atoms with E-state index in [-0.39, 0.29) is 26.1 Å². The molecule has 0 aromatic heterocycles. The van der Waals surface area contributed by atoms with Gasteiger partial charge in [-0.15, -0.1) is 0 Å². The predicted molar refractivity (Wildman–Crippen MR) is 171 cm³/mol. The number of likely N-dealkylation sites (N-methyl/N-ethyl adjacent to an activating group) is 1. The van der Waals surface area contributed by atoms with Gasteiger partial charge in [0.25, 0.3) is 7.82 Å². The average molecular weight is 632 g/mol. The molecule has 9 nitrogen and oxygen atoms in total. The highest BCUT2D eigenvalue weighted by atomic mass is 31.2. The lowest BCUT2D eigenvalue weighted by molar-refractivity contribution is -0.870. The number of rotatable bonds is 29. The first-order chi connectivity index (χ1) is 20.5. The summed E-state index contributed by atoms with van der Waals surface area (Å²) in [5.74, 6) is -0.883. The van der Waals surface area contributed by atoms with Crippen LogP contribution in [0.5, 0.6) is 0 Å². The Bertz CT molecular complexity index is 809. The van der Waals surface area contributed by atoms with Crippen LogP contribution in [-0.4, -0.2) is 70.0 Å². The van der Waals surface area contributed by atoms with Gasteiger partial charge in [-0.2, -0.15) is 0 Å². The molecule has 10 heteroatoms. The quantitative estimate of drug-likeness (QED) is 0.0275. The SMILES string of the molecule is CCCCCC/C=C\C/C=C\CCCCCCCC(=O)OC(COC(=O)CCCCC)COP(=O)([O-])OCC[N+](C)(C)C. The summed E-state index contributed by atoms with van der Waals surface area (Å²) >= 11 is 0. The molecule has 0 aliphatic carbocycles. The van der Waals surface area contributed by atoms with E-state index in [1.807, 2.05) is 28.1 Å². The molecule has 2 atom stereocenters. The summed E-state index contributed by atoms with van der Waals surface area (Å²) in [5.41, 5.74) is 0. The van der Waals surface area contributed by atoms with E-state index in [4.69, 9.17) is 18.5 Å². The number of hydrogen-bond acceptors (Lipinski definition) is 8. The molecule has 0 aliphatic rings. The zero-order chi connectivity index (χ0) is 32.2. The molecule has 0 aliphatic heterocycles. The minimum absolute atomic E-state index is 0.0337. The number of esters is 2. The second kappa shape index (κ2) is 26.9. The van der Waals surface area contributed by atoms with Crippen LogP contribution in [0.4, 0.5) is 0 Å². The van der Waals surface area contributed by atoms with Gasteiger partial charge in [-0.1, -0.05) is 89.5 Å². The number of phosphoric acid groups is 1. The summed E-state index contributed by atoms with van der Waals surface area (Å²) in [6.45, 7) is 3.97. The third kappa shape index (κ3) is 30.3. The van der Waals surface area contributed by atoms with Crippen molar-refractivity contribution in [2.45, 2.75) is 129 Å². The van der Waals surface area contributed by atoms with Crippen molar-refractivity contribution < 1.29 is 42.1 Å². The number of carbonyl (C=O) groups excluding carboxylic acids is 2. The number of allylic oxidation sites excluding steroid dienone is 4. The van der Waals surface area contributed by atoms with E-state index in [1.165, 1.54) is 32.1 Å². The van der Waals surface area contributed by atoms with E-state index in [9.17, 15) is 19.0 Å². The monoisotopic (exact) mass is 631 g/mol. The Morgan fingerprint density at radius 1 is 0.721 bits per heavy atom. The van der Waals surface area contributed by atoms with Gasteiger partial charge in [-0.3, -0.25) is 14.2 Å². The van der Waals surface area contributed by atoms with Gasteiger partial charge >= 0.3 is 11.9 Å². The molecule has 0 saturated heterocycles. The van der Waals surface area contributed by atoms with Crippen LogP contribution < -0.4 is 4.89 Å². The van der Waals surface area contributed by atoms with Crippen molar-refractivity contribution >= 4 is 19.8 Å². The van der Waals surface area contributed by atoms with Crippen LogP contribution in [0.3, 0.4) is 0 Å². The number of carbonyl (C=O) groups is 2. The van der Waals surface area contributed by atoms with Crippen molar-refractivity contribution in [3.8, 4) is 0 Å². The number of nitrogens with zero attached hydrogens (tertiary/aromatic N) is 1. The number of hydrogen-bond donors (Lipinski definition) is 0. The van der Waals surface area contributed by atoms with Gasteiger partial charge in [0.1, 0.15) is 19.8 Å². The normalized spacial score (nSPS) is 14.3. The van der Waals surface area contributed by atoms with E-state index < -0.39 is 32.5 Å². The molecular formula is C33H62NO8P. The van der Waals surface area contributed by atoms with Crippen LogP contribution in [-0.2, 0) is 32.7 Å². The molecule has 0 heterocycles. The van der Waals surface area contributed by atoms with E-state index in [1.54, 1.807) is 0 Å². The highest BCUT2D eigenvalue weighted by molar-refractivity contribution is 7.45. The van der Waals surface area contributed by atoms with Crippen LogP contribution in [0.15, 0.2) is 24.3 Å². The standard InChI is InChI=1S/C33H62NO8P/c1-6-8-10-11-12-13-14-15-16-17-18-19-20-21-22-24-26-33(36)42-31(29-39-32(35)25-23-9-7-2)30-41-43(37,38)40-28-27-34(3,4)5/h13-14,16-17,31H,6-12,15,18-30H2,1-5H3/b14-13-,17-16-. The Hall–Kier alpha value is -1.51. The Labute approximate surface area is 262 Å². The molecule has 0 spiro atoms. The number of unbranched alkanes of at least 4 members (excludes halogenated alkanes) is 11. The minimum Gasteiger partial charge on any atom is -0.756 e. The lowest BCUT2D eigenvalue weighted by atomic mass is 10.1. The minimum atomic E-state index is -4.60. The fourth-order valence-electron chi connectivity index (χ4n) is 4.03. The first-order valence-electron chi connectivity index (χ1n) is 16.5. The lowest BCUT2D eigenvalue weighted by Crippen LogP contribution is -2.37. The highest BCUT2D eigenvalue weighted by Gasteiger charge is 2.21. The molecule has 0 bridgehead atoms. The van der Waals surface area contributed by atoms with Crippen LogP contribution >= 0.6 is 7.82 Å². The van der Waals surface area contributed by atoms with Gasteiger partial charge in [0.2, 0.25) is 0 Å². The molecule has 0 saturated carbocycles. The van der Waals surface area contributed by atoms with Crippen molar-refractivity contribution in [1.82, 2.24) is 0 Å². The zero-order valence-corrected chi connectivity index (χ0v) is 28.8. The van der Waals surface area contributed by atoms with E-state index in [2.05, 4.69) is 31.2 Å². The maximum Gasteiger partial charge on any atom is 0.306 e. The van der Waals surface area contributed by atoms with Crippen LogP contribution in [0.1, 0.15) is 123 Å². The first kappa shape index (κ1) is 41.5. The van der Waals surface area contributed by atoms with Crippen molar-refractivity contribution in [3.63, 3.8) is 0 Å². The fourth-order valence-corrected chi connectivity index (χ4v) is 4.76. The first-order valence-corrected chi connectivity index (χ1v) is 18.0. The van der Waals surface area contributed by atoms with Crippen LogP contribution in [0, 0.1) is 0 Å². The van der Waals surface area contributed by atoms with Crippen molar-refractivity contribution in [1.29, 1.82) is 0 Å². The molecule has 0 rings (SSSR count). The van der Waals surface area contributed by atoms with Crippen LogP contribution in [0.2, 0.25) is 0 Å². The van der Waals surface area contributed by atoms with Crippen molar-refractivity contribution in [2.75, 3.05) is 47.5 Å². The Kier molecular flexibility index (Phi) is 25.9. The average Bonchev–Trinajstić information content (AvgIpc) is 2.93. The number of quaternary nitrogens is 1. The second-order valence-electron chi connectivity index (χ2n) is 12.2. The van der Waals surface area contributed by atoms with E-state index in [0.29, 0.717) is 23.9 Å². The molecule has 0 aromatic carbocycles. The Morgan fingerprint density at radius 3 is 1.88 bits per heavy atom. The Morgan fingerprint density at radius 2 is 1.26 bits per heavy atom. The van der Waals surface area contributed by atoms with Crippen molar-refractivity contribution in [3.05, 3.63) is 24.3 Å². The van der Waals surface area contributed by atoms with Crippen molar-refractivity contribution in [2.24, 2.45) is 0 Å². The third-order valence-electron chi connectivity index (χ3n) is 6.72. The zero-order valence-electron chi connectivity index (χ0n) is 27.9. The summed E-state index contributed by atoms with van der Waals surface area (Å²) in [6.07, 6.45) is 24.3. The summed E-state index contributed by atoms with van der Waals surface area (Å²) < 4.78 is 33.3. The molecular weight excluding hydrogens is 569 g/mol. The molecule has 0 aromatic rings. The summed E-state index contributed by atoms with van der Waals surface area (Å²) in [4.78, 5) is 36.7. The summed E-state index contributed by atoms with van der Waals surface area (Å²) in [6, 6.07) is 0. The summed E-state index contributed by atoms with van der Waals surface area (Å²) in [5, 5.41) is 0. The molecule has 0 N–H and O–H groups in total. The van der Waals surface area contributed by atoms with E-state index in [0.717, 1.165) is 51.4 Å². The van der Waals surface area contributed by atoms with Gasteiger partial charge in [0, 0.05) is 12.8 Å². The van der Waals surface area contributed by atoms with Gasteiger partial charge in [-0.05, 0) is 44.9 Å². The summed E-state index contributed by atoms with van der Waals surface area (Å²) in [7, 11) is 1.15. The van der Waals surface area contributed by atoms with E-state index >= 15 is 0 Å². The maximum absolute atomic E-state index is 12.5. The molecule has 43 heavy (non-hydrogen) atoms. The van der Waals surface area contributed by atoms with Gasteiger partial charge in [0.05, 0.1) is 27.7 Å². The fraction of sp³-hybridized carbons (Fsp3) is 0.818. The molecule has 252 valence electrons. The topological polar surface area (TPSA) is 111 Å². The van der Waals surface area contributed by atoms with Gasteiger partial charge in [-0.25, -0.2) is 0 Å². The predicted octanol–water partition coefficient (Wildman–Crippen LogP) is 7.43. The third-order valence-corrected chi connectivity index (χ3v) is 7.69. The second-order valence-corrected chi connectivity index (χ2v) is 13.6. The lowest BCUT2D eigenvalue weighted by Gasteiger charge is -2.28. The smallest absolute Gasteiger partial charge is 0.306 e. The number of ether oxygens (including phenoxy) is 2. The van der Waals surface area contributed by atoms with Gasteiger partial charge < -0.3 is 27.9 Å². The maximum atomic E-state index is 12.5. The molecule has 0 radical (unpaired) electrons. The molecule has 0 amide bonds. The molecule has 0 fully saturated rings. The molecule has 2 unspecified atom stereocenters. The van der Waals surface area contributed by atoms with Crippen LogP contribution in [0.25, 0.3) is 0 Å². The largest absolute Gasteiger partial charge is 0.756 e.